The predicted molar refractivity (Wildman–Crippen MR) is 49.2 cm³/mol. The summed E-state index contributed by atoms with van der Waals surface area (Å²) in [5.74, 6) is 2.55. The molecule has 0 aromatic rings. The molecule has 2 saturated heterocycles. The lowest BCUT2D eigenvalue weighted by atomic mass is 9.81. The maximum absolute atomic E-state index is 10.1. The van der Waals surface area contributed by atoms with Gasteiger partial charge in [-0.15, -0.1) is 12.3 Å². The van der Waals surface area contributed by atoms with Crippen LogP contribution in [-0.2, 0) is 4.74 Å². The molecule has 2 N–H and O–H groups in total. The van der Waals surface area contributed by atoms with Gasteiger partial charge in [0.1, 0.15) is 0 Å². The van der Waals surface area contributed by atoms with Crippen molar-refractivity contribution < 1.29 is 9.84 Å². The van der Waals surface area contributed by atoms with Crippen LogP contribution >= 0.6 is 0 Å². The Kier molecular flexibility index (Phi) is 2.29. The summed E-state index contributed by atoms with van der Waals surface area (Å²) < 4.78 is 5.38. The summed E-state index contributed by atoms with van der Waals surface area (Å²) in [4.78, 5) is 0. The maximum Gasteiger partial charge on any atom is 0.0787 e. The molecular formula is C10H15NO2. The zero-order valence-corrected chi connectivity index (χ0v) is 7.62. The van der Waals surface area contributed by atoms with Gasteiger partial charge in [0.15, 0.2) is 0 Å². The number of piperidine rings is 1. The first-order chi connectivity index (χ1) is 6.22. The lowest BCUT2D eigenvalue weighted by Gasteiger charge is -2.44. The predicted octanol–water partition coefficient (Wildman–Crippen LogP) is -0.108. The van der Waals surface area contributed by atoms with E-state index in [1.165, 1.54) is 0 Å². The largest absolute Gasteiger partial charge is 0.389 e. The second-order valence-electron chi connectivity index (χ2n) is 4.11. The molecule has 2 fully saturated rings. The molecule has 3 nitrogen and oxygen atoms in total. The van der Waals surface area contributed by atoms with Gasteiger partial charge in [-0.05, 0) is 12.8 Å². The summed E-state index contributed by atoms with van der Waals surface area (Å²) in [5, 5.41) is 13.6. The highest BCUT2D eigenvalue weighted by molar-refractivity contribution is 5.03. The van der Waals surface area contributed by atoms with Crippen molar-refractivity contribution in [1.82, 2.24) is 5.32 Å². The minimum absolute atomic E-state index is 0.283. The van der Waals surface area contributed by atoms with E-state index in [1.807, 2.05) is 0 Å². The zero-order chi connectivity index (χ0) is 9.31. The Bertz CT molecular complexity index is 222. The highest BCUT2D eigenvalue weighted by Gasteiger charge is 2.40. The van der Waals surface area contributed by atoms with Crippen LogP contribution in [0, 0.1) is 12.3 Å². The first-order valence-corrected chi connectivity index (χ1v) is 4.71. The third-order valence-electron chi connectivity index (χ3n) is 2.79. The van der Waals surface area contributed by atoms with Gasteiger partial charge in [0, 0.05) is 18.5 Å². The molecule has 2 aliphatic heterocycles. The Hall–Kier alpha value is -0.560. The molecule has 2 unspecified atom stereocenters. The third-order valence-corrected chi connectivity index (χ3v) is 2.79. The number of hydrogen-bond acceptors (Lipinski definition) is 3. The van der Waals surface area contributed by atoms with Crippen LogP contribution < -0.4 is 5.32 Å². The Balaban J connectivity index is 2.05. The quantitative estimate of drug-likeness (QED) is 0.555. The average molecular weight is 181 g/mol. The minimum atomic E-state index is -0.654. The van der Waals surface area contributed by atoms with Gasteiger partial charge in [0.05, 0.1) is 18.8 Å². The summed E-state index contributed by atoms with van der Waals surface area (Å²) in [6.45, 7) is 1.40. The van der Waals surface area contributed by atoms with Crippen LogP contribution in [0.15, 0.2) is 0 Å². The van der Waals surface area contributed by atoms with Crippen LogP contribution in [0.1, 0.15) is 19.3 Å². The number of aliphatic hydroxyl groups is 1. The molecule has 0 spiro atoms. The molecule has 2 rings (SSSR count). The highest BCUT2D eigenvalue weighted by Crippen LogP contribution is 2.30. The SMILES string of the molecule is C#CCC1(O)CC2COCC(C1)N2. The highest BCUT2D eigenvalue weighted by atomic mass is 16.5. The molecular weight excluding hydrogens is 166 g/mol. The fourth-order valence-corrected chi connectivity index (χ4v) is 2.35. The summed E-state index contributed by atoms with van der Waals surface area (Å²) in [6, 6.07) is 0.566. The van der Waals surface area contributed by atoms with E-state index in [4.69, 9.17) is 11.2 Å². The van der Waals surface area contributed by atoms with Crippen molar-refractivity contribution >= 4 is 0 Å². The number of morpholine rings is 1. The van der Waals surface area contributed by atoms with E-state index in [0.29, 0.717) is 32.5 Å². The molecule has 0 saturated carbocycles. The standard InChI is InChI=1S/C10H15NO2/c1-2-3-10(12)4-8-6-13-7-9(5-10)11-8/h1,8-9,11-12H,3-7H2. The molecule has 0 radical (unpaired) electrons. The molecule has 0 aromatic carbocycles. The van der Waals surface area contributed by atoms with Gasteiger partial charge >= 0.3 is 0 Å². The smallest absolute Gasteiger partial charge is 0.0787 e. The Morgan fingerprint density at radius 1 is 1.46 bits per heavy atom. The third kappa shape index (κ3) is 1.86. The van der Waals surface area contributed by atoms with Gasteiger partial charge in [0.25, 0.3) is 0 Å². The Morgan fingerprint density at radius 3 is 2.62 bits per heavy atom. The monoisotopic (exact) mass is 181 g/mol. The number of terminal acetylenes is 1. The zero-order valence-electron chi connectivity index (χ0n) is 7.62. The van der Waals surface area contributed by atoms with Crippen molar-refractivity contribution in [3.05, 3.63) is 0 Å². The van der Waals surface area contributed by atoms with E-state index >= 15 is 0 Å². The van der Waals surface area contributed by atoms with Crippen LogP contribution in [0.2, 0.25) is 0 Å². The number of fused-ring (bicyclic) bond motifs is 2. The Labute approximate surface area is 78.5 Å². The van der Waals surface area contributed by atoms with Gasteiger partial charge < -0.3 is 15.2 Å². The normalized spacial score (nSPS) is 44.0. The molecule has 2 atom stereocenters. The van der Waals surface area contributed by atoms with E-state index in [-0.39, 0.29) is 12.1 Å². The molecule has 2 aliphatic rings. The van der Waals surface area contributed by atoms with Crippen LogP contribution in [0.3, 0.4) is 0 Å². The van der Waals surface area contributed by atoms with Crippen molar-refractivity contribution in [2.45, 2.75) is 36.9 Å². The number of hydrogen-bond donors (Lipinski definition) is 2. The van der Waals surface area contributed by atoms with Crippen molar-refractivity contribution in [1.29, 1.82) is 0 Å². The van der Waals surface area contributed by atoms with Gasteiger partial charge in [-0.25, -0.2) is 0 Å². The topological polar surface area (TPSA) is 41.5 Å². The maximum atomic E-state index is 10.1. The fraction of sp³-hybridized carbons (Fsp3) is 0.800. The molecule has 2 heterocycles. The van der Waals surface area contributed by atoms with Crippen LogP contribution in [0.4, 0.5) is 0 Å². The molecule has 2 bridgehead atoms. The second-order valence-corrected chi connectivity index (χ2v) is 4.11. The fourth-order valence-electron chi connectivity index (χ4n) is 2.35. The first kappa shape index (κ1) is 9.01. The van der Waals surface area contributed by atoms with Crippen LogP contribution in [0.5, 0.6) is 0 Å². The molecule has 0 aliphatic carbocycles. The lowest BCUT2D eigenvalue weighted by Crippen LogP contribution is -2.59. The van der Waals surface area contributed by atoms with Crippen LogP contribution in [0.25, 0.3) is 0 Å². The molecule has 72 valence electrons. The second kappa shape index (κ2) is 3.30. The Morgan fingerprint density at radius 2 is 2.08 bits per heavy atom. The van der Waals surface area contributed by atoms with Crippen molar-refractivity contribution in [2.24, 2.45) is 0 Å². The van der Waals surface area contributed by atoms with Gasteiger partial charge in [0.2, 0.25) is 0 Å². The van der Waals surface area contributed by atoms with E-state index in [2.05, 4.69) is 11.2 Å². The average Bonchev–Trinajstić information content (AvgIpc) is 2.02. The van der Waals surface area contributed by atoms with E-state index < -0.39 is 5.60 Å². The van der Waals surface area contributed by atoms with E-state index in [9.17, 15) is 5.11 Å². The van der Waals surface area contributed by atoms with E-state index in [0.717, 1.165) is 0 Å². The van der Waals surface area contributed by atoms with E-state index in [1.54, 1.807) is 0 Å². The van der Waals surface area contributed by atoms with Crippen molar-refractivity contribution in [2.75, 3.05) is 13.2 Å². The van der Waals surface area contributed by atoms with Crippen LogP contribution in [-0.4, -0.2) is 36.0 Å². The summed E-state index contributed by atoms with van der Waals surface area (Å²) in [6.07, 6.45) is 7.13. The molecule has 3 heteroatoms. The minimum Gasteiger partial charge on any atom is -0.389 e. The number of nitrogens with one attached hydrogen (secondary N) is 1. The summed E-state index contributed by atoms with van der Waals surface area (Å²) in [5.41, 5.74) is -0.654. The molecule has 0 amide bonds. The summed E-state index contributed by atoms with van der Waals surface area (Å²) >= 11 is 0. The van der Waals surface area contributed by atoms with Crippen molar-refractivity contribution in [3.63, 3.8) is 0 Å². The van der Waals surface area contributed by atoms with Gasteiger partial charge in [-0.2, -0.15) is 0 Å². The first-order valence-electron chi connectivity index (χ1n) is 4.71. The van der Waals surface area contributed by atoms with Gasteiger partial charge in [-0.3, -0.25) is 0 Å². The molecule has 0 aromatic heterocycles. The number of rotatable bonds is 1. The molecule has 13 heavy (non-hydrogen) atoms. The summed E-state index contributed by atoms with van der Waals surface area (Å²) in [7, 11) is 0. The number of ether oxygens (including phenoxy) is 1. The van der Waals surface area contributed by atoms with Crippen molar-refractivity contribution in [3.8, 4) is 12.3 Å². The van der Waals surface area contributed by atoms with Gasteiger partial charge in [-0.1, -0.05) is 0 Å². The lowest BCUT2D eigenvalue weighted by molar-refractivity contribution is -0.0731.